The van der Waals surface area contributed by atoms with Crippen LogP contribution in [0.1, 0.15) is 38.8 Å². The Hall–Kier alpha value is -4.04. The number of hydrogen-bond acceptors (Lipinski definition) is 2. The van der Waals surface area contributed by atoms with Crippen molar-refractivity contribution in [1.29, 1.82) is 0 Å². The number of fused-ring (bicyclic) bond motifs is 6. The quantitative estimate of drug-likeness (QED) is 0.253. The van der Waals surface area contributed by atoms with Crippen molar-refractivity contribution in [3.63, 3.8) is 0 Å². The number of benzene rings is 4. The minimum absolute atomic E-state index is 0.0212. The molecule has 2 heteroatoms. The number of anilines is 2. The molecular weight excluding hydrogens is 472 g/mol. The highest BCUT2D eigenvalue weighted by Gasteiger charge is 2.42. The van der Waals surface area contributed by atoms with Crippen LogP contribution in [-0.4, -0.2) is 20.1 Å². The Morgan fingerprint density at radius 2 is 1.18 bits per heavy atom. The van der Waals surface area contributed by atoms with Crippen molar-refractivity contribution in [2.24, 2.45) is 0 Å². The van der Waals surface area contributed by atoms with Crippen LogP contribution >= 0.6 is 0 Å². The standard InChI is InChI=1S/C37H38N2/c1-36(2)32(38(5)30-24-22-26-16-12-14-18-28(26)34(30)36)20-10-8-7-9-11-21-33-37(3,4)35-29-19-15-13-17-27(29)23-25-31(35)39(33)6/h7-25,32H,1-6H3/b8-7+,11-9+,20-10+,33-21-. The summed E-state index contributed by atoms with van der Waals surface area (Å²) in [4.78, 5) is 4.76. The van der Waals surface area contributed by atoms with Gasteiger partial charge in [-0.2, -0.15) is 0 Å². The van der Waals surface area contributed by atoms with Crippen molar-refractivity contribution in [3.8, 4) is 0 Å². The van der Waals surface area contributed by atoms with Crippen LogP contribution in [0, 0.1) is 0 Å². The third kappa shape index (κ3) is 3.93. The van der Waals surface area contributed by atoms with Gasteiger partial charge in [0.2, 0.25) is 0 Å². The molecule has 0 bridgehead atoms. The van der Waals surface area contributed by atoms with Crippen LogP contribution in [0.2, 0.25) is 0 Å². The van der Waals surface area contributed by atoms with Crippen LogP contribution in [0.15, 0.2) is 121 Å². The Morgan fingerprint density at radius 3 is 1.87 bits per heavy atom. The van der Waals surface area contributed by atoms with Crippen LogP contribution in [0.5, 0.6) is 0 Å². The van der Waals surface area contributed by atoms with Crippen molar-refractivity contribution in [1.82, 2.24) is 0 Å². The zero-order valence-corrected chi connectivity index (χ0v) is 23.9. The molecule has 4 aromatic carbocycles. The van der Waals surface area contributed by atoms with Crippen LogP contribution in [0.4, 0.5) is 11.4 Å². The second-order valence-corrected chi connectivity index (χ2v) is 12.0. The van der Waals surface area contributed by atoms with Crippen molar-refractivity contribution in [3.05, 3.63) is 132 Å². The van der Waals surface area contributed by atoms with E-state index >= 15 is 0 Å². The number of rotatable bonds is 4. The van der Waals surface area contributed by atoms with E-state index in [0.29, 0.717) is 6.04 Å². The van der Waals surface area contributed by atoms with E-state index in [4.69, 9.17) is 0 Å². The smallest absolute Gasteiger partial charge is 0.0565 e. The van der Waals surface area contributed by atoms with Gasteiger partial charge in [-0.3, -0.25) is 0 Å². The fraction of sp³-hybridized carbons (Fsp3) is 0.243. The molecule has 0 N–H and O–H groups in total. The van der Waals surface area contributed by atoms with Gasteiger partial charge in [-0.25, -0.2) is 0 Å². The Labute approximate surface area is 233 Å². The largest absolute Gasteiger partial charge is 0.367 e. The van der Waals surface area contributed by atoms with Gasteiger partial charge in [-0.1, -0.05) is 125 Å². The van der Waals surface area contributed by atoms with E-state index < -0.39 is 0 Å². The van der Waals surface area contributed by atoms with E-state index in [1.54, 1.807) is 0 Å². The van der Waals surface area contributed by atoms with E-state index in [0.717, 1.165) is 0 Å². The van der Waals surface area contributed by atoms with Crippen molar-refractivity contribution >= 4 is 32.9 Å². The van der Waals surface area contributed by atoms with Gasteiger partial charge in [0.1, 0.15) is 0 Å². The Morgan fingerprint density at radius 1 is 0.615 bits per heavy atom. The molecule has 6 rings (SSSR count). The summed E-state index contributed by atoms with van der Waals surface area (Å²) in [5.74, 6) is 0. The monoisotopic (exact) mass is 510 g/mol. The maximum absolute atomic E-state index is 2.42. The molecule has 2 aliphatic rings. The first-order valence-electron chi connectivity index (χ1n) is 14.0. The fourth-order valence-corrected chi connectivity index (χ4v) is 7.08. The van der Waals surface area contributed by atoms with Crippen molar-refractivity contribution < 1.29 is 0 Å². The lowest BCUT2D eigenvalue weighted by Gasteiger charge is -2.29. The minimum Gasteiger partial charge on any atom is -0.367 e. The Balaban J connectivity index is 1.19. The molecular formula is C37H38N2. The molecule has 0 amide bonds. The summed E-state index contributed by atoms with van der Waals surface area (Å²) in [6, 6.07) is 26.8. The Bertz CT molecular complexity index is 1700. The first kappa shape index (κ1) is 25.2. The predicted molar refractivity (Wildman–Crippen MR) is 170 cm³/mol. The molecule has 2 aliphatic heterocycles. The second kappa shape index (κ2) is 9.31. The zero-order chi connectivity index (χ0) is 27.4. The van der Waals surface area contributed by atoms with Gasteiger partial charge in [0, 0.05) is 42.0 Å². The van der Waals surface area contributed by atoms with Gasteiger partial charge in [0.15, 0.2) is 0 Å². The minimum atomic E-state index is -0.0588. The first-order valence-corrected chi connectivity index (χ1v) is 14.0. The van der Waals surface area contributed by atoms with E-state index in [9.17, 15) is 0 Å². The average Bonchev–Trinajstić information content (AvgIpc) is 3.25. The van der Waals surface area contributed by atoms with Crippen LogP contribution in [0.3, 0.4) is 0 Å². The molecule has 39 heavy (non-hydrogen) atoms. The summed E-state index contributed by atoms with van der Waals surface area (Å²) in [6.07, 6.45) is 15.4. The van der Waals surface area contributed by atoms with Gasteiger partial charge < -0.3 is 9.80 Å². The van der Waals surface area contributed by atoms with Gasteiger partial charge in [-0.05, 0) is 50.9 Å². The summed E-state index contributed by atoms with van der Waals surface area (Å²) < 4.78 is 0. The number of nitrogens with zero attached hydrogens (tertiary/aromatic N) is 2. The highest BCUT2D eigenvalue weighted by atomic mass is 15.2. The van der Waals surface area contributed by atoms with E-state index in [-0.39, 0.29) is 10.8 Å². The molecule has 0 spiro atoms. The van der Waals surface area contributed by atoms with Gasteiger partial charge >= 0.3 is 0 Å². The third-order valence-electron chi connectivity index (χ3n) is 8.98. The zero-order valence-electron chi connectivity index (χ0n) is 23.9. The second-order valence-electron chi connectivity index (χ2n) is 12.0. The highest BCUT2D eigenvalue weighted by molar-refractivity contribution is 5.95. The molecule has 0 aromatic heterocycles. The molecule has 1 atom stereocenters. The normalized spacial score (nSPS) is 20.9. The molecule has 2 nitrogen and oxygen atoms in total. The highest BCUT2D eigenvalue weighted by Crippen LogP contribution is 2.50. The summed E-state index contributed by atoms with van der Waals surface area (Å²) in [5, 5.41) is 5.33. The van der Waals surface area contributed by atoms with Gasteiger partial charge in [0.05, 0.1) is 6.04 Å². The topological polar surface area (TPSA) is 6.48 Å². The van der Waals surface area contributed by atoms with E-state index in [1.807, 2.05) is 0 Å². The summed E-state index contributed by atoms with van der Waals surface area (Å²) >= 11 is 0. The Kier molecular flexibility index (Phi) is 6.03. The molecule has 0 saturated heterocycles. The number of hydrogen-bond donors (Lipinski definition) is 0. The lowest BCUT2D eigenvalue weighted by Crippen LogP contribution is -2.37. The van der Waals surface area contributed by atoms with Gasteiger partial charge in [0.25, 0.3) is 0 Å². The lowest BCUT2D eigenvalue weighted by molar-refractivity contribution is 0.491. The van der Waals surface area contributed by atoms with E-state index in [2.05, 4.69) is 167 Å². The predicted octanol–water partition coefficient (Wildman–Crippen LogP) is 9.07. The summed E-state index contributed by atoms with van der Waals surface area (Å²) in [7, 11) is 4.40. The lowest BCUT2D eigenvalue weighted by atomic mass is 9.78. The average molecular weight is 511 g/mol. The summed E-state index contributed by atoms with van der Waals surface area (Å²) in [5.41, 5.74) is 6.77. The fourth-order valence-electron chi connectivity index (χ4n) is 7.08. The molecule has 0 saturated carbocycles. The molecule has 0 fully saturated rings. The molecule has 196 valence electrons. The first-order chi connectivity index (χ1) is 18.7. The molecule has 2 heterocycles. The number of allylic oxidation sites excluding steroid dienone is 7. The van der Waals surface area contributed by atoms with Crippen LogP contribution in [0.25, 0.3) is 21.5 Å². The summed E-state index contributed by atoms with van der Waals surface area (Å²) in [6.45, 7) is 9.41. The van der Waals surface area contributed by atoms with Crippen LogP contribution in [-0.2, 0) is 10.8 Å². The van der Waals surface area contributed by atoms with Gasteiger partial charge in [-0.15, -0.1) is 0 Å². The van der Waals surface area contributed by atoms with Crippen molar-refractivity contribution in [2.45, 2.75) is 44.6 Å². The molecule has 4 aromatic rings. The molecule has 0 radical (unpaired) electrons. The van der Waals surface area contributed by atoms with Crippen molar-refractivity contribution in [2.75, 3.05) is 23.9 Å². The maximum Gasteiger partial charge on any atom is 0.0565 e. The SMILES string of the molecule is CN1\C(=C/C=C/C=C/C=C/C2N(C)c3ccc4ccccc4c3C2(C)C)C(C)(C)c2c1ccc1ccccc21. The van der Waals surface area contributed by atoms with Crippen LogP contribution < -0.4 is 9.80 Å². The molecule has 0 aliphatic carbocycles. The van der Waals surface area contributed by atoms with E-state index in [1.165, 1.54) is 49.7 Å². The molecule has 1 unspecified atom stereocenters. The maximum atomic E-state index is 2.42. The number of likely N-dealkylation sites (N-methyl/N-ethyl adjacent to an activating group) is 2. The third-order valence-corrected chi connectivity index (χ3v) is 8.98.